The largest absolute Gasteiger partial charge is 0.340 e. The number of pyridine rings is 1. The number of nitrogens with zero attached hydrogens (tertiary/aromatic N) is 4. The zero-order valence-electron chi connectivity index (χ0n) is 13.5. The van der Waals surface area contributed by atoms with E-state index >= 15 is 0 Å². The summed E-state index contributed by atoms with van der Waals surface area (Å²) in [6, 6.07) is 15.6. The van der Waals surface area contributed by atoms with E-state index < -0.39 is 0 Å². The maximum atomic E-state index is 12.4. The highest BCUT2D eigenvalue weighted by Crippen LogP contribution is 2.21. The van der Waals surface area contributed by atoms with Crippen molar-refractivity contribution < 1.29 is 4.79 Å². The number of carbonyl (C=O) groups excluding carboxylic acids is 1. The van der Waals surface area contributed by atoms with Crippen molar-refractivity contribution in [1.29, 1.82) is 5.26 Å². The summed E-state index contributed by atoms with van der Waals surface area (Å²) in [5.41, 5.74) is 1.94. The van der Waals surface area contributed by atoms with Gasteiger partial charge in [-0.25, -0.2) is 0 Å². The first-order valence-electron chi connectivity index (χ1n) is 8.13. The van der Waals surface area contributed by atoms with Crippen LogP contribution in [0.4, 0.5) is 0 Å². The van der Waals surface area contributed by atoms with Crippen LogP contribution in [0, 0.1) is 11.3 Å². The maximum absolute atomic E-state index is 12.4. The molecule has 0 spiro atoms. The Balaban J connectivity index is 1.57. The van der Waals surface area contributed by atoms with Gasteiger partial charge in [0.1, 0.15) is 6.04 Å². The fraction of sp³-hybridized carbons (Fsp3) is 0.316. The summed E-state index contributed by atoms with van der Waals surface area (Å²) in [5.74, 6) is 0.149. The van der Waals surface area contributed by atoms with Crippen molar-refractivity contribution in [2.24, 2.45) is 0 Å². The normalized spacial score (nSPS) is 16.4. The Bertz CT molecular complexity index is 703. The molecule has 0 bridgehead atoms. The van der Waals surface area contributed by atoms with Gasteiger partial charge in [-0.2, -0.15) is 5.26 Å². The third-order valence-corrected chi connectivity index (χ3v) is 4.35. The molecule has 2 aromatic rings. The monoisotopic (exact) mass is 320 g/mol. The van der Waals surface area contributed by atoms with Gasteiger partial charge in [-0.05, 0) is 11.6 Å². The molecule has 1 aromatic heterocycles. The number of amides is 1. The van der Waals surface area contributed by atoms with Gasteiger partial charge in [0.2, 0.25) is 5.91 Å². The molecule has 1 saturated heterocycles. The topological polar surface area (TPSA) is 60.2 Å². The number of hydrogen-bond donors (Lipinski definition) is 0. The van der Waals surface area contributed by atoms with Gasteiger partial charge < -0.3 is 4.90 Å². The Kier molecular flexibility index (Phi) is 5.19. The SMILES string of the molecule is N#C[C@H](c1cccnc1)N1CCN(C(=O)Cc2ccccc2)CC1. The first kappa shape index (κ1) is 16.2. The number of piperazine rings is 1. The lowest BCUT2D eigenvalue weighted by atomic mass is 10.1. The molecule has 3 rings (SSSR count). The molecular formula is C19H20N4O. The van der Waals surface area contributed by atoms with E-state index in [1.165, 1.54) is 0 Å². The summed E-state index contributed by atoms with van der Waals surface area (Å²) in [4.78, 5) is 20.5. The van der Waals surface area contributed by atoms with E-state index in [1.807, 2.05) is 47.4 Å². The summed E-state index contributed by atoms with van der Waals surface area (Å²) in [7, 11) is 0. The molecule has 1 aliphatic heterocycles. The van der Waals surface area contributed by atoms with Crippen LogP contribution in [0.15, 0.2) is 54.9 Å². The van der Waals surface area contributed by atoms with Crippen LogP contribution in [0.25, 0.3) is 0 Å². The van der Waals surface area contributed by atoms with Crippen LogP contribution in [0.3, 0.4) is 0 Å². The molecule has 5 heteroatoms. The minimum Gasteiger partial charge on any atom is -0.340 e. The van der Waals surface area contributed by atoms with Crippen LogP contribution in [0.5, 0.6) is 0 Å². The molecule has 1 aliphatic rings. The molecule has 0 aliphatic carbocycles. The summed E-state index contributed by atoms with van der Waals surface area (Å²) < 4.78 is 0. The smallest absolute Gasteiger partial charge is 0.227 e. The van der Waals surface area contributed by atoms with E-state index in [4.69, 9.17) is 0 Å². The number of rotatable bonds is 4. The minimum atomic E-state index is -0.301. The molecule has 122 valence electrons. The zero-order chi connectivity index (χ0) is 16.8. The maximum Gasteiger partial charge on any atom is 0.227 e. The predicted molar refractivity (Wildman–Crippen MR) is 90.9 cm³/mol. The van der Waals surface area contributed by atoms with Gasteiger partial charge in [0.05, 0.1) is 12.5 Å². The lowest BCUT2D eigenvalue weighted by Gasteiger charge is -2.37. The number of carbonyl (C=O) groups is 1. The van der Waals surface area contributed by atoms with E-state index in [0.717, 1.165) is 11.1 Å². The Labute approximate surface area is 142 Å². The van der Waals surface area contributed by atoms with Crippen molar-refractivity contribution in [3.8, 4) is 6.07 Å². The Morgan fingerprint density at radius 3 is 2.50 bits per heavy atom. The number of aromatic nitrogens is 1. The Morgan fingerprint density at radius 1 is 1.12 bits per heavy atom. The van der Waals surface area contributed by atoms with Gasteiger partial charge in [-0.15, -0.1) is 0 Å². The fourth-order valence-corrected chi connectivity index (χ4v) is 3.02. The van der Waals surface area contributed by atoms with Gasteiger partial charge in [0.25, 0.3) is 0 Å². The molecule has 24 heavy (non-hydrogen) atoms. The van der Waals surface area contributed by atoms with E-state index in [0.29, 0.717) is 32.6 Å². The molecule has 2 heterocycles. The molecule has 0 unspecified atom stereocenters. The lowest BCUT2D eigenvalue weighted by molar-refractivity contribution is -0.132. The van der Waals surface area contributed by atoms with Gasteiger partial charge >= 0.3 is 0 Å². The Morgan fingerprint density at radius 2 is 1.88 bits per heavy atom. The van der Waals surface area contributed by atoms with E-state index in [-0.39, 0.29) is 11.9 Å². The van der Waals surface area contributed by atoms with Gasteiger partial charge in [0.15, 0.2) is 0 Å². The second kappa shape index (κ2) is 7.71. The third kappa shape index (κ3) is 3.79. The highest BCUT2D eigenvalue weighted by Gasteiger charge is 2.27. The molecule has 0 radical (unpaired) electrons. The molecule has 1 atom stereocenters. The summed E-state index contributed by atoms with van der Waals surface area (Å²) >= 11 is 0. The molecule has 5 nitrogen and oxygen atoms in total. The summed E-state index contributed by atoms with van der Waals surface area (Å²) in [6.45, 7) is 2.72. The average molecular weight is 320 g/mol. The second-order valence-electron chi connectivity index (χ2n) is 5.90. The van der Waals surface area contributed by atoms with Gasteiger partial charge in [-0.1, -0.05) is 36.4 Å². The second-order valence-corrected chi connectivity index (χ2v) is 5.90. The molecule has 1 aromatic carbocycles. The molecule has 1 amide bonds. The molecule has 0 saturated carbocycles. The lowest BCUT2D eigenvalue weighted by Crippen LogP contribution is -2.49. The quantitative estimate of drug-likeness (QED) is 0.865. The number of benzene rings is 1. The summed E-state index contributed by atoms with van der Waals surface area (Å²) in [5, 5.41) is 9.50. The number of hydrogen-bond acceptors (Lipinski definition) is 4. The average Bonchev–Trinajstić information content (AvgIpc) is 2.65. The first-order chi connectivity index (χ1) is 11.8. The highest BCUT2D eigenvalue weighted by atomic mass is 16.2. The standard InChI is InChI=1S/C19H20N4O/c20-14-18(17-7-4-8-21-15-17)22-9-11-23(12-10-22)19(24)13-16-5-2-1-3-6-16/h1-8,15,18H,9-13H2/t18-/m1/s1. The van der Waals surface area contributed by atoms with Crippen LogP contribution in [-0.4, -0.2) is 46.9 Å². The Hall–Kier alpha value is -2.71. The molecular weight excluding hydrogens is 300 g/mol. The minimum absolute atomic E-state index is 0.149. The number of nitriles is 1. The van der Waals surface area contributed by atoms with Gasteiger partial charge in [0, 0.05) is 44.1 Å². The third-order valence-electron chi connectivity index (χ3n) is 4.35. The van der Waals surface area contributed by atoms with Crippen molar-refractivity contribution in [3.63, 3.8) is 0 Å². The van der Waals surface area contributed by atoms with Crippen LogP contribution in [0.1, 0.15) is 17.2 Å². The first-order valence-corrected chi connectivity index (χ1v) is 8.13. The van der Waals surface area contributed by atoms with Crippen molar-refractivity contribution >= 4 is 5.91 Å². The van der Waals surface area contributed by atoms with Gasteiger partial charge in [-0.3, -0.25) is 14.7 Å². The fourth-order valence-electron chi connectivity index (χ4n) is 3.02. The molecule has 0 N–H and O–H groups in total. The van der Waals surface area contributed by atoms with Crippen LogP contribution >= 0.6 is 0 Å². The molecule has 1 fully saturated rings. The van der Waals surface area contributed by atoms with Crippen molar-refractivity contribution in [2.45, 2.75) is 12.5 Å². The van der Waals surface area contributed by atoms with Crippen molar-refractivity contribution in [3.05, 3.63) is 66.0 Å². The zero-order valence-corrected chi connectivity index (χ0v) is 13.5. The van der Waals surface area contributed by atoms with Crippen LogP contribution in [-0.2, 0) is 11.2 Å². The predicted octanol–water partition coefficient (Wildman–Crippen LogP) is 2.03. The van der Waals surface area contributed by atoms with Crippen molar-refractivity contribution in [1.82, 2.24) is 14.8 Å². The highest BCUT2D eigenvalue weighted by molar-refractivity contribution is 5.78. The van der Waals surface area contributed by atoms with E-state index in [9.17, 15) is 10.1 Å². The van der Waals surface area contributed by atoms with Crippen LogP contribution in [0.2, 0.25) is 0 Å². The van der Waals surface area contributed by atoms with E-state index in [2.05, 4.69) is 16.0 Å². The van der Waals surface area contributed by atoms with Crippen LogP contribution < -0.4 is 0 Å². The summed E-state index contributed by atoms with van der Waals surface area (Å²) in [6.07, 6.45) is 3.88. The van der Waals surface area contributed by atoms with Crippen molar-refractivity contribution in [2.75, 3.05) is 26.2 Å². The van der Waals surface area contributed by atoms with E-state index in [1.54, 1.807) is 12.4 Å².